The van der Waals surface area contributed by atoms with Crippen molar-refractivity contribution in [2.24, 2.45) is 5.73 Å². The van der Waals surface area contributed by atoms with E-state index in [1.54, 1.807) is 0 Å². The van der Waals surface area contributed by atoms with Crippen LogP contribution in [0.5, 0.6) is 0 Å². The summed E-state index contributed by atoms with van der Waals surface area (Å²) in [5.74, 6) is 1.01. The van der Waals surface area contributed by atoms with Gasteiger partial charge in [-0.15, -0.1) is 11.8 Å². The van der Waals surface area contributed by atoms with Crippen LogP contribution < -0.4 is 5.73 Å². The highest BCUT2D eigenvalue weighted by atomic mass is 32.2. The predicted octanol–water partition coefficient (Wildman–Crippen LogP) is 4.39. The number of hydrogen-bond donors (Lipinski definition) is 1. The van der Waals surface area contributed by atoms with Crippen molar-refractivity contribution in [1.82, 2.24) is 0 Å². The van der Waals surface area contributed by atoms with Gasteiger partial charge in [-0.1, -0.05) is 49.4 Å². The first-order chi connectivity index (χ1) is 8.79. The molecule has 0 radical (unpaired) electrons. The molecule has 2 aromatic rings. The van der Waals surface area contributed by atoms with Crippen molar-refractivity contribution in [2.45, 2.75) is 30.0 Å². The third kappa shape index (κ3) is 3.62. The summed E-state index contributed by atoms with van der Waals surface area (Å²) in [6, 6.07) is 19.3. The SMILES string of the molecule is CC[C@@H](N)c1ccc(SCc2ccccc2)cc1. The number of nitrogens with two attached hydrogens (primary N) is 1. The molecule has 0 saturated heterocycles. The van der Waals surface area contributed by atoms with E-state index < -0.39 is 0 Å². The largest absolute Gasteiger partial charge is 0.324 e. The molecule has 0 bridgehead atoms. The summed E-state index contributed by atoms with van der Waals surface area (Å²) in [7, 11) is 0. The first-order valence-electron chi connectivity index (χ1n) is 6.32. The zero-order valence-corrected chi connectivity index (χ0v) is 11.5. The van der Waals surface area contributed by atoms with Crippen LogP contribution in [-0.4, -0.2) is 0 Å². The van der Waals surface area contributed by atoms with E-state index in [1.165, 1.54) is 16.0 Å². The van der Waals surface area contributed by atoms with E-state index in [2.05, 4.69) is 61.5 Å². The molecule has 2 N–H and O–H groups in total. The molecule has 94 valence electrons. The molecule has 0 amide bonds. The highest BCUT2D eigenvalue weighted by Gasteiger charge is 2.02. The van der Waals surface area contributed by atoms with Crippen LogP contribution in [0.1, 0.15) is 30.5 Å². The second-order valence-corrected chi connectivity index (χ2v) is 5.41. The standard InChI is InChI=1S/C16H19NS/c1-2-16(17)14-8-10-15(11-9-14)18-12-13-6-4-3-5-7-13/h3-11,16H,2,12,17H2,1H3/t16-/m1/s1. The van der Waals surface area contributed by atoms with Crippen molar-refractivity contribution in [3.63, 3.8) is 0 Å². The van der Waals surface area contributed by atoms with E-state index in [4.69, 9.17) is 5.73 Å². The number of rotatable bonds is 5. The Morgan fingerprint density at radius 1 is 1.00 bits per heavy atom. The highest BCUT2D eigenvalue weighted by Crippen LogP contribution is 2.24. The van der Waals surface area contributed by atoms with Crippen LogP contribution in [0.25, 0.3) is 0 Å². The van der Waals surface area contributed by atoms with Gasteiger partial charge in [0.1, 0.15) is 0 Å². The number of benzene rings is 2. The van der Waals surface area contributed by atoms with Crippen LogP contribution in [0.3, 0.4) is 0 Å². The molecule has 0 aliphatic carbocycles. The number of hydrogen-bond acceptors (Lipinski definition) is 2. The van der Waals surface area contributed by atoms with Gasteiger partial charge in [0.15, 0.2) is 0 Å². The second-order valence-electron chi connectivity index (χ2n) is 4.36. The zero-order valence-electron chi connectivity index (χ0n) is 10.7. The van der Waals surface area contributed by atoms with Gasteiger partial charge in [-0.05, 0) is 29.7 Å². The van der Waals surface area contributed by atoms with Crippen LogP contribution >= 0.6 is 11.8 Å². The van der Waals surface area contributed by atoms with Crippen LogP contribution in [0, 0.1) is 0 Å². The summed E-state index contributed by atoms with van der Waals surface area (Å²) in [5.41, 5.74) is 8.58. The van der Waals surface area contributed by atoms with Crippen LogP contribution in [-0.2, 0) is 5.75 Å². The monoisotopic (exact) mass is 257 g/mol. The fourth-order valence-corrected chi connectivity index (χ4v) is 2.64. The Morgan fingerprint density at radius 3 is 2.28 bits per heavy atom. The third-order valence-electron chi connectivity index (χ3n) is 3.00. The normalized spacial score (nSPS) is 12.3. The lowest BCUT2D eigenvalue weighted by molar-refractivity contribution is 0.698. The van der Waals surface area contributed by atoms with E-state index in [-0.39, 0.29) is 6.04 Å². The first kappa shape index (κ1) is 13.2. The molecule has 1 atom stereocenters. The smallest absolute Gasteiger partial charge is 0.0292 e. The Kier molecular flexibility index (Phi) is 4.85. The second kappa shape index (κ2) is 6.62. The quantitative estimate of drug-likeness (QED) is 0.804. The summed E-state index contributed by atoms with van der Waals surface area (Å²) >= 11 is 1.86. The Balaban J connectivity index is 1.94. The van der Waals surface area contributed by atoms with Crippen molar-refractivity contribution >= 4 is 11.8 Å². The van der Waals surface area contributed by atoms with Gasteiger partial charge < -0.3 is 5.73 Å². The molecule has 18 heavy (non-hydrogen) atoms. The maximum absolute atomic E-state index is 6.00. The molecule has 1 nitrogen and oxygen atoms in total. The van der Waals surface area contributed by atoms with Gasteiger partial charge in [-0.2, -0.15) is 0 Å². The molecule has 2 aromatic carbocycles. The van der Waals surface area contributed by atoms with Gasteiger partial charge in [0.2, 0.25) is 0 Å². The summed E-state index contributed by atoms with van der Waals surface area (Å²) in [4.78, 5) is 1.30. The summed E-state index contributed by atoms with van der Waals surface area (Å²) in [6.07, 6.45) is 0.983. The molecule has 0 aromatic heterocycles. The topological polar surface area (TPSA) is 26.0 Å². The molecule has 0 saturated carbocycles. The van der Waals surface area contributed by atoms with Crippen LogP contribution in [0.15, 0.2) is 59.5 Å². The lowest BCUT2D eigenvalue weighted by Gasteiger charge is -2.09. The van der Waals surface area contributed by atoms with Gasteiger partial charge in [-0.25, -0.2) is 0 Å². The Morgan fingerprint density at radius 2 is 1.67 bits per heavy atom. The van der Waals surface area contributed by atoms with Gasteiger partial charge >= 0.3 is 0 Å². The first-order valence-corrected chi connectivity index (χ1v) is 7.30. The molecule has 0 aliphatic rings. The molecule has 0 unspecified atom stereocenters. The minimum absolute atomic E-state index is 0.165. The lowest BCUT2D eigenvalue weighted by atomic mass is 10.1. The van der Waals surface area contributed by atoms with Crippen molar-refractivity contribution in [2.75, 3.05) is 0 Å². The maximum atomic E-state index is 6.00. The Labute approximate surface area is 113 Å². The third-order valence-corrected chi connectivity index (χ3v) is 4.08. The van der Waals surface area contributed by atoms with E-state index >= 15 is 0 Å². The molecular formula is C16H19NS. The summed E-state index contributed by atoms with van der Waals surface area (Å²) in [5, 5.41) is 0. The Bertz CT molecular complexity index is 464. The fourth-order valence-electron chi connectivity index (χ4n) is 1.79. The minimum atomic E-state index is 0.165. The summed E-state index contributed by atoms with van der Waals surface area (Å²) in [6.45, 7) is 2.11. The Hall–Kier alpha value is -1.25. The average Bonchev–Trinajstić information content (AvgIpc) is 2.46. The molecule has 2 heteroatoms. The van der Waals surface area contributed by atoms with Crippen LogP contribution in [0.2, 0.25) is 0 Å². The van der Waals surface area contributed by atoms with Gasteiger partial charge in [0.05, 0.1) is 0 Å². The molecule has 0 aliphatic heterocycles. The molecule has 2 rings (SSSR count). The van der Waals surface area contributed by atoms with Crippen molar-refractivity contribution in [3.8, 4) is 0 Å². The van der Waals surface area contributed by atoms with Crippen LogP contribution in [0.4, 0.5) is 0 Å². The van der Waals surface area contributed by atoms with E-state index in [9.17, 15) is 0 Å². The predicted molar refractivity (Wildman–Crippen MR) is 79.7 cm³/mol. The maximum Gasteiger partial charge on any atom is 0.0292 e. The van der Waals surface area contributed by atoms with Gasteiger partial charge in [-0.3, -0.25) is 0 Å². The zero-order chi connectivity index (χ0) is 12.8. The lowest BCUT2D eigenvalue weighted by Crippen LogP contribution is -2.07. The van der Waals surface area contributed by atoms with Gasteiger partial charge in [0.25, 0.3) is 0 Å². The number of thioether (sulfide) groups is 1. The fraction of sp³-hybridized carbons (Fsp3) is 0.250. The van der Waals surface area contributed by atoms with E-state index in [1.807, 2.05) is 11.8 Å². The van der Waals surface area contributed by atoms with E-state index in [0.717, 1.165) is 12.2 Å². The minimum Gasteiger partial charge on any atom is -0.324 e. The highest BCUT2D eigenvalue weighted by molar-refractivity contribution is 7.98. The van der Waals surface area contributed by atoms with Gasteiger partial charge in [0, 0.05) is 16.7 Å². The molecule has 0 heterocycles. The molecule has 0 spiro atoms. The van der Waals surface area contributed by atoms with Crippen molar-refractivity contribution < 1.29 is 0 Å². The van der Waals surface area contributed by atoms with E-state index in [0.29, 0.717) is 0 Å². The molecule has 0 fully saturated rings. The summed E-state index contributed by atoms with van der Waals surface area (Å²) < 4.78 is 0. The van der Waals surface area contributed by atoms with Crippen molar-refractivity contribution in [1.29, 1.82) is 0 Å². The molecular weight excluding hydrogens is 238 g/mol. The van der Waals surface area contributed by atoms with Crippen molar-refractivity contribution in [3.05, 3.63) is 65.7 Å². The average molecular weight is 257 g/mol.